The van der Waals surface area contributed by atoms with E-state index < -0.39 is 0 Å². The molecular formula is C13H22N4O. The van der Waals surface area contributed by atoms with Crippen LogP contribution in [0.3, 0.4) is 0 Å². The molecule has 1 aromatic rings. The van der Waals surface area contributed by atoms with E-state index in [1.165, 1.54) is 0 Å². The van der Waals surface area contributed by atoms with E-state index >= 15 is 0 Å². The Kier molecular flexibility index (Phi) is 4.01. The lowest BCUT2D eigenvalue weighted by Crippen LogP contribution is -2.48. The van der Waals surface area contributed by atoms with Crippen LogP contribution in [0.5, 0.6) is 0 Å². The zero-order valence-corrected chi connectivity index (χ0v) is 11.3. The van der Waals surface area contributed by atoms with E-state index in [2.05, 4.69) is 36.5 Å². The number of nitrogens with one attached hydrogen (secondary N) is 2. The van der Waals surface area contributed by atoms with Gasteiger partial charge in [0.2, 0.25) is 5.91 Å². The third-order valence-corrected chi connectivity index (χ3v) is 3.45. The summed E-state index contributed by atoms with van der Waals surface area (Å²) in [5, 5.41) is 10.4. The minimum absolute atomic E-state index is 0.0468. The first kappa shape index (κ1) is 13.1. The molecule has 0 aromatic carbocycles. The molecular weight excluding hydrogens is 228 g/mol. The number of hydrogen-bond acceptors (Lipinski definition) is 3. The molecule has 0 spiro atoms. The number of nitrogens with zero attached hydrogens (tertiary/aromatic N) is 2. The second-order valence-electron chi connectivity index (χ2n) is 5.34. The molecule has 1 aliphatic heterocycles. The van der Waals surface area contributed by atoms with Gasteiger partial charge in [0.05, 0.1) is 17.9 Å². The number of amides is 1. The van der Waals surface area contributed by atoms with Gasteiger partial charge in [-0.2, -0.15) is 5.10 Å². The van der Waals surface area contributed by atoms with Crippen LogP contribution in [0.15, 0.2) is 12.4 Å². The van der Waals surface area contributed by atoms with E-state index in [0.29, 0.717) is 12.0 Å². The van der Waals surface area contributed by atoms with Crippen molar-refractivity contribution in [3.63, 3.8) is 0 Å². The Morgan fingerprint density at radius 3 is 3.00 bits per heavy atom. The predicted molar refractivity (Wildman–Crippen MR) is 71.4 cm³/mol. The van der Waals surface area contributed by atoms with Gasteiger partial charge in [0, 0.05) is 12.2 Å². The van der Waals surface area contributed by atoms with Crippen molar-refractivity contribution in [3.05, 3.63) is 12.4 Å². The van der Waals surface area contributed by atoms with Crippen LogP contribution in [-0.2, 0) is 4.79 Å². The topological polar surface area (TPSA) is 59.0 Å². The van der Waals surface area contributed by atoms with Crippen LogP contribution in [0.2, 0.25) is 0 Å². The van der Waals surface area contributed by atoms with Crippen LogP contribution in [0.25, 0.3) is 0 Å². The molecule has 0 bridgehead atoms. The maximum atomic E-state index is 12.1. The van der Waals surface area contributed by atoms with Gasteiger partial charge in [-0.3, -0.25) is 9.48 Å². The number of rotatable bonds is 3. The first-order chi connectivity index (χ1) is 8.58. The number of hydrogen-bond donors (Lipinski definition) is 2. The van der Waals surface area contributed by atoms with Crippen molar-refractivity contribution in [1.82, 2.24) is 15.1 Å². The van der Waals surface area contributed by atoms with Gasteiger partial charge in [0.15, 0.2) is 0 Å². The Balaban J connectivity index is 1.97. The summed E-state index contributed by atoms with van der Waals surface area (Å²) < 4.78 is 1.84. The summed E-state index contributed by atoms with van der Waals surface area (Å²) >= 11 is 0. The highest BCUT2D eigenvalue weighted by molar-refractivity contribution is 5.94. The molecule has 2 unspecified atom stereocenters. The fourth-order valence-corrected chi connectivity index (χ4v) is 2.31. The van der Waals surface area contributed by atoms with Gasteiger partial charge in [-0.15, -0.1) is 0 Å². The molecule has 0 radical (unpaired) electrons. The molecule has 100 valence electrons. The number of anilines is 1. The molecule has 1 aliphatic rings. The monoisotopic (exact) mass is 250 g/mol. The Morgan fingerprint density at radius 1 is 1.61 bits per heavy atom. The van der Waals surface area contributed by atoms with E-state index in [1.807, 2.05) is 10.9 Å². The number of carbonyl (C=O) groups excluding carboxylic acids is 1. The zero-order chi connectivity index (χ0) is 13.1. The number of carbonyl (C=O) groups is 1. The molecule has 2 heterocycles. The lowest BCUT2D eigenvalue weighted by molar-refractivity contribution is -0.119. The number of piperidine rings is 1. The van der Waals surface area contributed by atoms with Crippen molar-refractivity contribution in [3.8, 4) is 0 Å². The molecule has 0 saturated carbocycles. The largest absolute Gasteiger partial charge is 0.322 e. The Labute approximate surface area is 108 Å². The molecule has 2 rings (SSSR count). The van der Waals surface area contributed by atoms with Gasteiger partial charge in [0.25, 0.3) is 0 Å². The summed E-state index contributed by atoms with van der Waals surface area (Å²) in [6, 6.07) is 0.225. The van der Waals surface area contributed by atoms with E-state index in [0.717, 1.165) is 25.1 Å². The van der Waals surface area contributed by atoms with Crippen molar-refractivity contribution < 1.29 is 4.79 Å². The molecule has 5 nitrogen and oxygen atoms in total. The van der Waals surface area contributed by atoms with Crippen molar-refractivity contribution in [2.45, 2.75) is 45.7 Å². The molecule has 5 heteroatoms. The summed E-state index contributed by atoms with van der Waals surface area (Å²) in [5.41, 5.74) is 0.772. The van der Waals surface area contributed by atoms with E-state index in [-0.39, 0.29) is 11.9 Å². The van der Waals surface area contributed by atoms with Crippen molar-refractivity contribution in [2.24, 2.45) is 5.92 Å². The lowest BCUT2D eigenvalue weighted by atomic mass is 9.92. The fraction of sp³-hybridized carbons (Fsp3) is 0.692. The molecule has 18 heavy (non-hydrogen) atoms. The maximum Gasteiger partial charge on any atom is 0.241 e. The maximum absolute atomic E-state index is 12.1. The standard InChI is InChI=1S/C13H22N4O/c1-9(2)17-8-11(7-15-17)16-13(18)12-10(3)5-4-6-14-12/h7-10,12,14H,4-6H2,1-3H3,(H,16,18). The van der Waals surface area contributed by atoms with Crippen LogP contribution >= 0.6 is 0 Å². The molecule has 0 aliphatic carbocycles. The normalized spacial score (nSPS) is 24.2. The summed E-state index contributed by atoms with van der Waals surface area (Å²) in [4.78, 5) is 12.1. The Hall–Kier alpha value is -1.36. The van der Waals surface area contributed by atoms with Crippen LogP contribution in [0.1, 0.15) is 39.7 Å². The third-order valence-electron chi connectivity index (χ3n) is 3.45. The molecule has 2 atom stereocenters. The lowest BCUT2D eigenvalue weighted by Gasteiger charge is -2.28. The van der Waals surface area contributed by atoms with E-state index in [4.69, 9.17) is 0 Å². The quantitative estimate of drug-likeness (QED) is 0.860. The second-order valence-corrected chi connectivity index (χ2v) is 5.34. The van der Waals surface area contributed by atoms with Gasteiger partial charge in [-0.05, 0) is 39.2 Å². The van der Waals surface area contributed by atoms with Gasteiger partial charge in [-0.1, -0.05) is 6.92 Å². The highest BCUT2D eigenvalue weighted by Gasteiger charge is 2.27. The summed E-state index contributed by atoms with van der Waals surface area (Å²) in [5.74, 6) is 0.435. The minimum Gasteiger partial charge on any atom is -0.322 e. The van der Waals surface area contributed by atoms with Gasteiger partial charge < -0.3 is 10.6 Å². The van der Waals surface area contributed by atoms with Crippen molar-refractivity contribution >= 4 is 11.6 Å². The van der Waals surface area contributed by atoms with Gasteiger partial charge in [-0.25, -0.2) is 0 Å². The first-order valence-electron chi connectivity index (χ1n) is 6.66. The van der Waals surface area contributed by atoms with Crippen LogP contribution in [-0.4, -0.2) is 28.3 Å². The minimum atomic E-state index is -0.0823. The van der Waals surface area contributed by atoms with Gasteiger partial charge >= 0.3 is 0 Å². The Bertz CT molecular complexity index is 413. The third kappa shape index (κ3) is 2.90. The van der Waals surface area contributed by atoms with Crippen LogP contribution in [0.4, 0.5) is 5.69 Å². The number of aromatic nitrogens is 2. The second kappa shape index (κ2) is 5.52. The summed E-state index contributed by atoms with van der Waals surface area (Å²) in [6.45, 7) is 7.16. The molecule has 1 amide bonds. The smallest absolute Gasteiger partial charge is 0.241 e. The van der Waals surface area contributed by atoms with E-state index in [1.54, 1.807) is 6.20 Å². The molecule has 1 fully saturated rings. The van der Waals surface area contributed by atoms with Crippen molar-refractivity contribution in [1.29, 1.82) is 0 Å². The zero-order valence-electron chi connectivity index (χ0n) is 11.3. The van der Waals surface area contributed by atoms with E-state index in [9.17, 15) is 4.79 Å². The molecule has 2 N–H and O–H groups in total. The summed E-state index contributed by atoms with van der Waals surface area (Å²) in [6.07, 6.45) is 5.83. The highest BCUT2D eigenvalue weighted by atomic mass is 16.2. The predicted octanol–water partition coefficient (Wildman–Crippen LogP) is 1.79. The fourth-order valence-electron chi connectivity index (χ4n) is 2.31. The highest BCUT2D eigenvalue weighted by Crippen LogP contribution is 2.17. The molecule has 1 saturated heterocycles. The molecule has 1 aromatic heterocycles. The average molecular weight is 250 g/mol. The SMILES string of the molecule is CC1CCCNC1C(=O)Nc1cnn(C(C)C)c1. The van der Waals surface area contributed by atoms with Crippen LogP contribution < -0.4 is 10.6 Å². The summed E-state index contributed by atoms with van der Waals surface area (Å²) in [7, 11) is 0. The Morgan fingerprint density at radius 2 is 2.39 bits per heavy atom. The first-order valence-corrected chi connectivity index (χ1v) is 6.66. The van der Waals surface area contributed by atoms with Gasteiger partial charge in [0.1, 0.15) is 0 Å². The van der Waals surface area contributed by atoms with Crippen LogP contribution in [0, 0.1) is 5.92 Å². The van der Waals surface area contributed by atoms with Crippen molar-refractivity contribution in [2.75, 3.05) is 11.9 Å². The average Bonchev–Trinajstić information content (AvgIpc) is 2.78.